The maximum absolute atomic E-state index is 12.8. The van der Waals surface area contributed by atoms with E-state index in [2.05, 4.69) is 56.9 Å². The number of anilines is 1. The van der Waals surface area contributed by atoms with E-state index in [9.17, 15) is 14.9 Å². The van der Waals surface area contributed by atoms with Gasteiger partial charge in [-0.05, 0) is 100.0 Å². The van der Waals surface area contributed by atoms with E-state index < -0.39 is 11.9 Å². The number of ether oxygens (including phenoxy) is 3. The van der Waals surface area contributed by atoms with Crippen LogP contribution in [0.1, 0.15) is 28.4 Å². The Morgan fingerprint density at radius 1 is 0.974 bits per heavy atom. The van der Waals surface area contributed by atoms with Gasteiger partial charge in [0.1, 0.15) is 18.2 Å². The third-order valence-corrected chi connectivity index (χ3v) is 6.57. The topological polar surface area (TPSA) is 97.7 Å². The van der Waals surface area contributed by atoms with Crippen molar-refractivity contribution in [2.45, 2.75) is 13.5 Å². The summed E-state index contributed by atoms with van der Waals surface area (Å²) < 4.78 is 17.5. The number of halogens is 1. The number of rotatable bonds is 9. The van der Waals surface area contributed by atoms with E-state index in [0.29, 0.717) is 41.5 Å². The number of nitrogens with zero attached hydrogens (tertiary/aromatic N) is 1. The van der Waals surface area contributed by atoms with Gasteiger partial charge in [0, 0.05) is 5.69 Å². The number of carbonyl (C=O) groups excluding carboxylic acids is 2. The summed E-state index contributed by atoms with van der Waals surface area (Å²) in [4.78, 5) is 24.4. The molecule has 4 aromatic carbocycles. The van der Waals surface area contributed by atoms with Gasteiger partial charge in [0.25, 0.3) is 5.91 Å². The summed E-state index contributed by atoms with van der Waals surface area (Å²) in [6.45, 7) is 2.65. The lowest BCUT2D eigenvalue weighted by molar-refractivity contribution is -0.112. The van der Waals surface area contributed by atoms with Crippen LogP contribution >= 0.6 is 22.6 Å². The minimum atomic E-state index is -0.576. The highest BCUT2D eigenvalue weighted by Gasteiger charge is 2.15. The molecular formula is C31H25IN2O5. The number of amides is 1. The Labute approximate surface area is 240 Å². The second kappa shape index (κ2) is 12.9. The van der Waals surface area contributed by atoms with Crippen LogP contribution in [0.3, 0.4) is 0 Å². The third kappa shape index (κ3) is 6.94. The van der Waals surface area contributed by atoms with Crippen molar-refractivity contribution in [3.63, 3.8) is 0 Å². The third-order valence-electron chi connectivity index (χ3n) is 5.77. The molecule has 7 nitrogen and oxygen atoms in total. The number of nitriles is 1. The van der Waals surface area contributed by atoms with Crippen molar-refractivity contribution in [3.8, 4) is 17.6 Å². The average molecular weight is 632 g/mol. The van der Waals surface area contributed by atoms with Crippen LogP contribution in [0.5, 0.6) is 11.5 Å². The molecule has 0 aliphatic heterocycles. The van der Waals surface area contributed by atoms with E-state index in [1.807, 2.05) is 37.3 Å². The van der Waals surface area contributed by atoms with E-state index in [4.69, 9.17) is 9.47 Å². The first-order valence-corrected chi connectivity index (χ1v) is 13.2. The van der Waals surface area contributed by atoms with Crippen molar-refractivity contribution in [1.82, 2.24) is 0 Å². The molecule has 0 fully saturated rings. The largest absolute Gasteiger partial charge is 0.490 e. The summed E-state index contributed by atoms with van der Waals surface area (Å²) in [7, 11) is 1.30. The minimum absolute atomic E-state index is 0.0878. The van der Waals surface area contributed by atoms with Gasteiger partial charge >= 0.3 is 5.97 Å². The van der Waals surface area contributed by atoms with Gasteiger partial charge in [-0.1, -0.05) is 36.4 Å². The molecule has 39 heavy (non-hydrogen) atoms. The molecule has 1 N–H and O–H groups in total. The van der Waals surface area contributed by atoms with Gasteiger partial charge < -0.3 is 19.5 Å². The Kier molecular flexibility index (Phi) is 9.18. The van der Waals surface area contributed by atoms with Crippen molar-refractivity contribution >= 4 is 57.0 Å². The molecule has 196 valence electrons. The summed E-state index contributed by atoms with van der Waals surface area (Å²) in [5.74, 6) is 0.0618. The summed E-state index contributed by atoms with van der Waals surface area (Å²) in [6, 6.07) is 26.1. The van der Waals surface area contributed by atoms with Crippen LogP contribution in [0, 0.1) is 14.9 Å². The first kappa shape index (κ1) is 27.7. The molecule has 8 heteroatoms. The molecule has 0 spiro atoms. The number of methoxy groups -OCH3 is 1. The van der Waals surface area contributed by atoms with Gasteiger partial charge in [-0.15, -0.1) is 0 Å². The van der Waals surface area contributed by atoms with Crippen LogP contribution in [0.15, 0.2) is 84.4 Å². The van der Waals surface area contributed by atoms with Crippen LogP contribution < -0.4 is 14.8 Å². The Hall–Kier alpha value is -4.36. The molecule has 0 radical (unpaired) electrons. The normalized spacial score (nSPS) is 11.0. The van der Waals surface area contributed by atoms with E-state index in [-0.39, 0.29) is 5.57 Å². The fraction of sp³-hybridized carbons (Fsp3) is 0.129. The number of fused-ring (bicyclic) bond motifs is 1. The first-order chi connectivity index (χ1) is 18.9. The minimum Gasteiger partial charge on any atom is -0.490 e. The van der Waals surface area contributed by atoms with Crippen LogP contribution in [-0.2, 0) is 16.1 Å². The number of carbonyl (C=O) groups is 2. The molecule has 0 saturated carbocycles. The monoisotopic (exact) mass is 632 g/mol. The van der Waals surface area contributed by atoms with Gasteiger partial charge in [-0.3, -0.25) is 4.79 Å². The lowest BCUT2D eigenvalue weighted by Crippen LogP contribution is -2.13. The molecule has 0 aliphatic carbocycles. The van der Waals surface area contributed by atoms with Gasteiger partial charge in [0.15, 0.2) is 11.5 Å². The van der Waals surface area contributed by atoms with E-state index >= 15 is 0 Å². The molecular weight excluding hydrogens is 607 g/mol. The zero-order valence-electron chi connectivity index (χ0n) is 21.4. The molecule has 4 aromatic rings. The highest BCUT2D eigenvalue weighted by molar-refractivity contribution is 14.1. The lowest BCUT2D eigenvalue weighted by atomic mass is 10.1. The number of esters is 1. The van der Waals surface area contributed by atoms with Crippen molar-refractivity contribution in [2.75, 3.05) is 19.0 Å². The first-order valence-electron chi connectivity index (χ1n) is 12.1. The molecule has 0 heterocycles. The van der Waals surface area contributed by atoms with E-state index in [1.165, 1.54) is 25.3 Å². The van der Waals surface area contributed by atoms with Crippen molar-refractivity contribution < 1.29 is 23.8 Å². The number of nitrogens with one attached hydrogen (secondary N) is 1. The van der Waals surface area contributed by atoms with Gasteiger partial charge in [0.2, 0.25) is 0 Å². The Morgan fingerprint density at radius 3 is 2.41 bits per heavy atom. The SMILES string of the molecule is CCOc1cc(/C=C(\C#N)C(=O)Nc2ccc(C(=O)OC)cc2)cc(I)c1OCc1ccc2ccccc2c1. The average Bonchev–Trinajstić information content (AvgIpc) is 2.95. The zero-order valence-corrected chi connectivity index (χ0v) is 23.5. The smallest absolute Gasteiger partial charge is 0.337 e. The number of hydrogen-bond acceptors (Lipinski definition) is 6. The van der Waals surface area contributed by atoms with E-state index in [0.717, 1.165) is 19.9 Å². The fourth-order valence-electron chi connectivity index (χ4n) is 3.88. The highest BCUT2D eigenvalue weighted by atomic mass is 127. The second-order valence-electron chi connectivity index (χ2n) is 8.43. The predicted molar refractivity (Wildman–Crippen MR) is 159 cm³/mol. The van der Waals surface area contributed by atoms with Gasteiger partial charge in [-0.2, -0.15) is 5.26 Å². The number of hydrogen-bond donors (Lipinski definition) is 1. The zero-order chi connectivity index (χ0) is 27.8. The van der Waals surface area contributed by atoms with Crippen molar-refractivity contribution in [3.05, 3.63) is 105 Å². The van der Waals surface area contributed by atoms with E-state index in [1.54, 1.807) is 18.2 Å². The molecule has 0 saturated heterocycles. The summed E-state index contributed by atoms with van der Waals surface area (Å²) in [5.41, 5.74) is 2.35. The predicted octanol–water partition coefficient (Wildman–Crippen LogP) is 6.75. The summed E-state index contributed by atoms with van der Waals surface area (Å²) in [5, 5.41) is 14.6. The van der Waals surface area contributed by atoms with Crippen LogP contribution in [0.2, 0.25) is 0 Å². The molecule has 0 bridgehead atoms. The van der Waals surface area contributed by atoms with Crippen molar-refractivity contribution in [1.29, 1.82) is 5.26 Å². The van der Waals surface area contributed by atoms with Crippen LogP contribution in [0.25, 0.3) is 16.8 Å². The maximum Gasteiger partial charge on any atom is 0.337 e. The fourth-order valence-corrected chi connectivity index (χ4v) is 4.66. The summed E-state index contributed by atoms with van der Waals surface area (Å²) >= 11 is 2.16. The molecule has 0 unspecified atom stereocenters. The van der Waals surface area contributed by atoms with Crippen molar-refractivity contribution in [2.24, 2.45) is 0 Å². The van der Waals surface area contributed by atoms with Crippen LogP contribution in [-0.4, -0.2) is 25.6 Å². The molecule has 0 aromatic heterocycles. The standard InChI is InChI=1S/C31H25IN2O5/c1-3-38-28-17-21(15-25(18-33)30(35)34-26-12-10-23(11-13-26)31(36)37-2)16-27(32)29(28)39-19-20-8-9-22-6-4-5-7-24(22)14-20/h4-17H,3,19H2,1-2H3,(H,34,35)/b25-15+. The second-order valence-corrected chi connectivity index (χ2v) is 9.59. The Balaban J connectivity index is 1.53. The maximum atomic E-state index is 12.8. The van der Waals surface area contributed by atoms with Gasteiger partial charge in [-0.25, -0.2) is 4.79 Å². The molecule has 0 aliphatic rings. The van der Waals surface area contributed by atoms with Crippen LogP contribution in [0.4, 0.5) is 5.69 Å². The summed E-state index contributed by atoms with van der Waals surface area (Å²) in [6.07, 6.45) is 1.50. The molecule has 1 amide bonds. The van der Waals surface area contributed by atoms with Gasteiger partial charge in [0.05, 0.1) is 22.9 Å². The lowest BCUT2D eigenvalue weighted by Gasteiger charge is -2.15. The molecule has 4 rings (SSSR count). The molecule has 0 atom stereocenters. The Bertz CT molecular complexity index is 1590. The Morgan fingerprint density at radius 2 is 1.72 bits per heavy atom. The number of benzene rings is 4. The quantitative estimate of drug-likeness (QED) is 0.0949. The highest BCUT2D eigenvalue weighted by Crippen LogP contribution is 2.36.